The van der Waals surface area contributed by atoms with E-state index in [1.165, 1.54) is 4.68 Å². The summed E-state index contributed by atoms with van der Waals surface area (Å²) in [6.45, 7) is 6.16. The van der Waals surface area contributed by atoms with Crippen LogP contribution in [-0.2, 0) is 0 Å². The summed E-state index contributed by atoms with van der Waals surface area (Å²) in [6.07, 6.45) is 1.58. The van der Waals surface area contributed by atoms with Gasteiger partial charge < -0.3 is 9.84 Å². The Balaban J connectivity index is 1.98. The van der Waals surface area contributed by atoms with Crippen LogP contribution in [0.1, 0.15) is 36.5 Å². The minimum atomic E-state index is -0.258. The monoisotopic (exact) mass is 505 g/mol. The lowest BCUT2D eigenvalue weighted by Gasteiger charge is -2.17. The average Bonchev–Trinajstić information content (AvgIpc) is 2.80. The van der Waals surface area contributed by atoms with Gasteiger partial charge in [0.25, 0.3) is 5.56 Å². The molecule has 1 N–H and O–H groups in total. The van der Waals surface area contributed by atoms with Gasteiger partial charge in [0.05, 0.1) is 28.7 Å². The minimum Gasteiger partial charge on any atom is -0.507 e. The van der Waals surface area contributed by atoms with Crippen LogP contribution >= 0.6 is 15.9 Å². The molecular weight excluding hydrogens is 482 g/mol. The summed E-state index contributed by atoms with van der Waals surface area (Å²) >= 11 is 3.31. The Labute approximate surface area is 200 Å². The predicted molar refractivity (Wildman–Crippen MR) is 136 cm³/mol. The van der Waals surface area contributed by atoms with Gasteiger partial charge in [-0.05, 0) is 87.9 Å². The number of hydrogen-bond donors (Lipinski definition) is 1. The highest BCUT2D eigenvalue weighted by Gasteiger charge is 2.18. The van der Waals surface area contributed by atoms with E-state index in [2.05, 4.69) is 34.9 Å². The molecule has 6 nitrogen and oxygen atoms in total. The number of methoxy groups -OCH3 is 1. The Kier molecular flexibility index (Phi) is 6.33. The number of fused-ring (bicyclic) bond motifs is 1. The van der Waals surface area contributed by atoms with Crippen molar-refractivity contribution in [3.8, 4) is 22.9 Å². The van der Waals surface area contributed by atoms with Crippen LogP contribution in [0.3, 0.4) is 0 Å². The van der Waals surface area contributed by atoms with Crippen LogP contribution in [0.2, 0.25) is 0 Å². The minimum absolute atomic E-state index is 0.132. The fourth-order valence-electron chi connectivity index (χ4n) is 3.70. The number of phenols is 1. The van der Waals surface area contributed by atoms with Gasteiger partial charge in [-0.3, -0.25) is 4.79 Å². The number of aryl methyl sites for hydroxylation is 1. The predicted octanol–water partition coefficient (Wildman–Crippen LogP) is 5.85. The van der Waals surface area contributed by atoms with Gasteiger partial charge in [0.2, 0.25) is 0 Å². The first-order valence-corrected chi connectivity index (χ1v) is 11.3. The van der Waals surface area contributed by atoms with E-state index in [9.17, 15) is 9.90 Å². The first kappa shape index (κ1) is 22.7. The molecule has 0 radical (unpaired) electrons. The van der Waals surface area contributed by atoms with Crippen molar-refractivity contribution in [3.05, 3.63) is 86.1 Å². The zero-order valence-corrected chi connectivity index (χ0v) is 20.4. The Hall–Kier alpha value is -3.45. The third-order valence-electron chi connectivity index (χ3n) is 5.49. The molecule has 1 aromatic heterocycles. The van der Waals surface area contributed by atoms with Crippen LogP contribution in [0.5, 0.6) is 11.5 Å². The number of hydrogen-bond acceptors (Lipinski definition) is 5. The smallest absolute Gasteiger partial charge is 0.282 e. The van der Waals surface area contributed by atoms with Crippen molar-refractivity contribution in [2.75, 3.05) is 7.11 Å². The second kappa shape index (κ2) is 9.19. The number of ether oxygens (including phenoxy) is 1. The van der Waals surface area contributed by atoms with Crippen LogP contribution < -0.4 is 10.3 Å². The second-order valence-corrected chi connectivity index (χ2v) is 8.94. The van der Waals surface area contributed by atoms with E-state index in [1.54, 1.807) is 37.6 Å². The van der Waals surface area contributed by atoms with Crippen molar-refractivity contribution < 1.29 is 9.84 Å². The van der Waals surface area contributed by atoms with Gasteiger partial charge in [0, 0.05) is 5.56 Å². The number of halogens is 1. The normalized spacial score (nSPS) is 11.6. The Morgan fingerprint density at radius 3 is 2.61 bits per heavy atom. The maximum Gasteiger partial charge on any atom is 0.282 e. The molecule has 0 saturated heterocycles. The van der Waals surface area contributed by atoms with Gasteiger partial charge in [-0.1, -0.05) is 26.0 Å². The van der Waals surface area contributed by atoms with E-state index in [4.69, 9.17) is 9.72 Å². The van der Waals surface area contributed by atoms with Gasteiger partial charge in [-0.15, -0.1) is 0 Å². The maximum absolute atomic E-state index is 13.5. The molecule has 3 aromatic carbocycles. The molecule has 1 heterocycles. The number of benzene rings is 3. The standard InChI is InChI=1S/C26H24BrN3O3/c1-15(2)19-13-20(16(3)11-24(19)33-4)25-29-22-8-6-5-7-18(22)26(32)30(25)28-14-17-9-10-23(31)21(27)12-17/h5-15,31H,1-4H3. The number of aromatic nitrogens is 2. The van der Waals surface area contributed by atoms with Crippen molar-refractivity contribution >= 4 is 33.0 Å². The van der Waals surface area contributed by atoms with E-state index in [1.807, 2.05) is 37.3 Å². The third-order valence-corrected chi connectivity index (χ3v) is 6.12. The van der Waals surface area contributed by atoms with Crippen LogP contribution in [0, 0.1) is 6.92 Å². The molecule has 33 heavy (non-hydrogen) atoms. The molecule has 0 saturated carbocycles. The molecule has 0 aliphatic carbocycles. The molecule has 168 valence electrons. The zero-order chi connectivity index (χ0) is 23.7. The maximum atomic E-state index is 13.5. The largest absolute Gasteiger partial charge is 0.507 e. The average molecular weight is 506 g/mol. The molecule has 0 fully saturated rings. The third kappa shape index (κ3) is 4.41. The van der Waals surface area contributed by atoms with Gasteiger partial charge in [0.15, 0.2) is 5.82 Å². The second-order valence-electron chi connectivity index (χ2n) is 8.09. The van der Waals surface area contributed by atoms with E-state index in [-0.39, 0.29) is 17.2 Å². The lowest BCUT2D eigenvalue weighted by molar-refractivity contribution is 0.407. The summed E-state index contributed by atoms with van der Waals surface area (Å²) in [6, 6.07) is 16.3. The van der Waals surface area contributed by atoms with Crippen molar-refractivity contribution in [1.29, 1.82) is 0 Å². The van der Waals surface area contributed by atoms with Gasteiger partial charge >= 0.3 is 0 Å². The molecule has 4 rings (SSSR count). The Morgan fingerprint density at radius 2 is 1.91 bits per heavy atom. The van der Waals surface area contributed by atoms with Gasteiger partial charge in [0.1, 0.15) is 11.5 Å². The number of nitrogens with zero attached hydrogens (tertiary/aromatic N) is 3. The molecule has 0 amide bonds. The molecule has 0 bridgehead atoms. The van der Waals surface area contributed by atoms with Gasteiger partial charge in [-0.2, -0.15) is 9.78 Å². The molecule has 0 unspecified atom stereocenters. The molecule has 0 spiro atoms. The number of phenolic OH excluding ortho intramolecular Hbond substituents is 1. The summed E-state index contributed by atoms with van der Waals surface area (Å²) in [5.41, 5.74) is 3.84. The van der Waals surface area contributed by atoms with E-state index >= 15 is 0 Å². The highest BCUT2D eigenvalue weighted by atomic mass is 79.9. The van der Waals surface area contributed by atoms with E-state index < -0.39 is 0 Å². The van der Waals surface area contributed by atoms with Crippen LogP contribution in [0.25, 0.3) is 22.3 Å². The van der Waals surface area contributed by atoms with Crippen LogP contribution in [0.15, 0.2) is 69.0 Å². The van der Waals surface area contributed by atoms with Crippen molar-refractivity contribution in [3.63, 3.8) is 0 Å². The summed E-state index contributed by atoms with van der Waals surface area (Å²) in [4.78, 5) is 18.3. The molecular formula is C26H24BrN3O3. The van der Waals surface area contributed by atoms with Crippen LogP contribution in [0.4, 0.5) is 0 Å². The first-order chi connectivity index (χ1) is 15.8. The number of rotatable bonds is 5. The first-order valence-electron chi connectivity index (χ1n) is 10.5. The summed E-state index contributed by atoms with van der Waals surface area (Å²) in [5.74, 6) is 1.61. The SMILES string of the molecule is COc1cc(C)c(-c2nc3ccccc3c(=O)n2N=Cc2ccc(O)c(Br)c2)cc1C(C)C. The summed E-state index contributed by atoms with van der Waals surface area (Å²) in [5, 5.41) is 14.8. The quantitative estimate of drug-likeness (QED) is 0.345. The summed E-state index contributed by atoms with van der Waals surface area (Å²) in [7, 11) is 1.66. The highest BCUT2D eigenvalue weighted by molar-refractivity contribution is 9.10. The van der Waals surface area contributed by atoms with Crippen molar-refractivity contribution in [1.82, 2.24) is 9.66 Å². The number of aromatic hydroxyl groups is 1. The Bertz CT molecular complexity index is 1440. The molecule has 0 aliphatic rings. The molecule has 0 atom stereocenters. The van der Waals surface area contributed by atoms with E-state index in [0.717, 1.165) is 28.0 Å². The van der Waals surface area contributed by atoms with Crippen LogP contribution in [-0.4, -0.2) is 28.1 Å². The zero-order valence-electron chi connectivity index (χ0n) is 18.8. The fourth-order valence-corrected chi connectivity index (χ4v) is 4.10. The highest BCUT2D eigenvalue weighted by Crippen LogP contribution is 2.34. The van der Waals surface area contributed by atoms with Crippen molar-refractivity contribution in [2.24, 2.45) is 5.10 Å². The molecule has 4 aromatic rings. The van der Waals surface area contributed by atoms with E-state index in [0.29, 0.717) is 21.2 Å². The molecule has 7 heteroatoms. The van der Waals surface area contributed by atoms with Crippen molar-refractivity contribution in [2.45, 2.75) is 26.7 Å². The fraction of sp³-hybridized carbons (Fsp3) is 0.192. The topological polar surface area (TPSA) is 76.7 Å². The Morgan fingerprint density at radius 1 is 1.15 bits per heavy atom. The van der Waals surface area contributed by atoms with Gasteiger partial charge in [-0.25, -0.2) is 4.98 Å². The lowest BCUT2D eigenvalue weighted by Crippen LogP contribution is -2.20. The summed E-state index contributed by atoms with van der Waals surface area (Å²) < 4.78 is 7.47. The molecule has 0 aliphatic heterocycles. The number of para-hydroxylation sites is 1. The lowest BCUT2D eigenvalue weighted by atomic mass is 9.96.